The molecule has 0 aromatic heterocycles. The first-order chi connectivity index (χ1) is 11.7. The van der Waals surface area contributed by atoms with E-state index in [4.69, 9.17) is 4.74 Å². The van der Waals surface area contributed by atoms with Crippen LogP contribution in [0.4, 0.5) is 0 Å². The zero-order valence-electron chi connectivity index (χ0n) is 15.6. The molecule has 1 aliphatic heterocycles. The highest BCUT2D eigenvalue weighted by atomic mass is 16.5. The second kappa shape index (κ2) is 8.66. The van der Waals surface area contributed by atoms with E-state index in [1.165, 1.54) is 51.4 Å². The van der Waals surface area contributed by atoms with Crippen molar-refractivity contribution in [1.82, 2.24) is 9.80 Å². The molecule has 1 saturated heterocycles. The van der Waals surface area contributed by atoms with Gasteiger partial charge in [0.2, 0.25) is 0 Å². The SMILES string of the molecule is CN1CCN(CCOC(=O)C2(C3CCCCC3)CCCCC2)CC1. The maximum Gasteiger partial charge on any atom is 0.312 e. The van der Waals surface area contributed by atoms with E-state index in [9.17, 15) is 4.79 Å². The molecular formula is C20H36N2O2. The van der Waals surface area contributed by atoms with Crippen LogP contribution in [0.15, 0.2) is 0 Å². The van der Waals surface area contributed by atoms with Crippen LogP contribution in [-0.4, -0.2) is 62.1 Å². The van der Waals surface area contributed by atoms with Gasteiger partial charge in [-0.3, -0.25) is 9.69 Å². The molecule has 0 atom stereocenters. The molecule has 0 aromatic rings. The average Bonchev–Trinajstić information content (AvgIpc) is 2.64. The number of esters is 1. The number of carbonyl (C=O) groups excluding carboxylic acids is 1. The van der Waals surface area contributed by atoms with Crippen molar-refractivity contribution < 1.29 is 9.53 Å². The highest BCUT2D eigenvalue weighted by Gasteiger charge is 2.47. The molecule has 0 radical (unpaired) electrons. The smallest absolute Gasteiger partial charge is 0.312 e. The number of carbonyl (C=O) groups is 1. The lowest BCUT2D eigenvalue weighted by atomic mass is 9.62. The number of ether oxygens (including phenoxy) is 1. The summed E-state index contributed by atoms with van der Waals surface area (Å²) in [6.07, 6.45) is 12.3. The van der Waals surface area contributed by atoms with Gasteiger partial charge < -0.3 is 9.64 Å². The molecule has 4 heteroatoms. The summed E-state index contributed by atoms with van der Waals surface area (Å²) in [6, 6.07) is 0. The number of hydrogen-bond acceptors (Lipinski definition) is 4. The number of nitrogens with zero attached hydrogens (tertiary/aromatic N) is 2. The molecule has 3 aliphatic rings. The molecule has 4 nitrogen and oxygen atoms in total. The number of piperazine rings is 1. The fourth-order valence-corrected chi connectivity index (χ4v) is 5.10. The lowest BCUT2D eigenvalue weighted by Crippen LogP contribution is -2.46. The van der Waals surface area contributed by atoms with Crippen molar-refractivity contribution >= 4 is 5.97 Å². The van der Waals surface area contributed by atoms with E-state index in [-0.39, 0.29) is 11.4 Å². The van der Waals surface area contributed by atoms with E-state index in [0.29, 0.717) is 12.5 Å². The minimum Gasteiger partial charge on any atom is -0.464 e. The summed E-state index contributed by atoms with van der Waals surface area (Å²) in [5, 5.41) is 0. The van der Waals surface area contributed by atoms with Crippen LogP contribution in [-0.2, 0) is 9.53 Å². The first-order valence-electron chi connectivity index (χ1n) is 10.3. The van der Waals surface area contributed by atoms with Crippen molar-refractivity contribution in [2.45, 2.75) is 64.2 Å². The Bertz CT molecular complexity index is 392. The van der Waals surface area contributed by atoms with E-state index in [2.05, 4.69) is 16.8 Å². The maximum atomic E-state index is 13.1. The summed E-state index contributed by atoms with van der Waals surface area (Å²) < 4.78 is 5.87. The predicted octanol–water partition coefficient (Wildman–Crippen LogP) is 3.31. The van der Waals surface area contributed by atoms with E-state index >= 15 is 0 Å². The van der Waals surface area contributed by atoms with Crippen LogP contribution in [0.25, 0.3) is 0 Å². The molecule has 0 amide bonds. The number of likely N-dealkylation sites (N-methyl/N-ethyl adjacent to an activating group) is 1. The Morgan fingerprint density at radius 2 is 1.58 bits per heavy atom. The Morgan fingerprint density at radius 1 is 0.958 bits per heavy atom. The summed E-state index contributed by atoms with van der Waals surface area (Å²) in [5.74, 6) is 0.728. The quantitative estimate of drug-likeness (QED) is 0.721. The summed E-state index contributed by atoms with van der Waals surface area (Å²) in [6.45, 7) is 5.93. The average molecular weight is 337 g/mol. The van der Waals surface area contributed by atoms with Gasteiger partial charge in [0.25, 0.3) is 0 Å². The third kappa shape index (κ3) is 4.32. The van der Waals surface area contributed by atoms with E-state index in [0.717, 1.165) is 45.6 Å². The van der Waals surface area contributed by atoms with Crippen LogP contribution in [0.5, 0.6) is 0 Å². The van der Waals surface area contributed by atoms with Crippen molar-refractivity contribution in [3.8, 4) is 0 Å². The molecule has 0 aromatic carbocycles. The van der Waals surface area contributed by atoms with Gasteiger partial charge in [0, 0.05) is 32.7 Å². The second-order valence-electron chi connectivity index (χ2n) is 8.33. The lowest BCUT2D eigenvalue weighted by molar-refractivity contribution is -0.164. The molecule has 0 bridgehead atoms. The lowest BCUT2D eigenvalue weighted by Gasteiger charge is -2.43. The van der Waals surface area contributed by atoms with Crippen LogP contribution in [0.3, 0.4) is 0 Å². The number of rotatable bonds is 5. The summed E-state index contributed by atoms with van der Waals surface area (Å²) in [4.78, 5) is 17.9. The van der Waals surface area contributed by atoms with Gasteiger partial charge in [0.15, 0.2) is 0 Å². The predicted molar refractivity (Wildman–Crippen MR) is 97.0 cm³/mol. The van der Waals surface area contributed by atoms with Crippen LogP contribution in [0.2, 0.25) is 0 Å². The van der Waals surface area contributed by atoms with Gasteiger partial charge in [-0.2, -0.15) is 0 Å². The molecule has 0 spiro atoms. The summed E-state index contributed by atoms with van der Waals surface area (Å²) in [5.41, 5.74) is -0.138. The minimum absolute atomic E-state index is 0.138. The van der Waals surface area contributed by atoms with Crippen LogP contribution < -0.4 is 0 Å². The highest BCUT2D eigenvalue weighted by Crippen LogP contribution is 2.49. The van der Waals surface area contributed by atoms with Gasteiger partial charge in [0.1, 0.15) is 6.61 Å². The first kappa shape index (κ1) is 18.2. The van der Waals surface area contributed by atoms with E-state index < -0.39 is 0 Å². The molecule has 24 heavy (non-hydrogen) atoms. The Balaban J connectivity index is 1.51. The highest BCUT2D eigenvalue weighted by molar-refractivity contribution is 5.77. The topological polar surface area (TPSA) is 32.8 Å². The largest absolute Gasteiger partial charge is 0.464 e. The van der Waals surface area contributed by atoms with Gasteiger partial charge in [0.05, 0.1) is 5.41 Å². The minimum atomic E-state index is -0.138. The first-order valence-corrected chi connectivity index (χ1v) is 10.3. The van der Waals surface area contributed by atoms with E-state index in [1.807, 2.05) is 0 Å². The van der Waals surface area contributed by atoms with Crippen molar-refractivity contribution in [2.75, 3.05) is 46.4 Å². The van der Waals surface area contributed by atoms with Crippen molar-refractivity contribution in [3.05, 3.63) is 0 Å². The van der Waals surface area contributed by atoms with Crippen LogP contribution in [0, 0.1) is 11.3 Å². The van der Waals surface area contributed by atoms with Crippen LogP contribution in [0.1, 0.15) is 64.2 Å². The Kier molecular flexibility index (Phi) is 6.56. The summed E-state index contributed by atoms with van der Waals surface area (Å²) in [7, 11) is 2.17. The Morgan fingerprint density at radius 3 is 2.25 bits per heavy atom. The fourth-order valence-electron chi connectivity index (χ4n) is 5.10. The van der Waals surface area contributed by atoms with Gasteiger partial charge in [-0.1, -0.05) is 38.5 Å². The molecule has 3 fully saturated rings. The van der Waals surface area contributed by atoms with Gasteiger partial charge >= 0.3 is 5.97 Å². The third-order valence-electron chi connectivity index (χ3n) is 6.78. The van der Waals surface area contributed by atoms with E-state index in [1.54, 1.807) is 0 Å². The second-order valence-corrected chi connectivity index (χ2v) is 8.33. The Labute approximate surface area is 147 Å². The monoisotopic (exact) mass is 336 g/mol. The fraction of sp³-hybridized carbons (Fsp3) is 0.950. The number of hydrogen-bond donors (Lipinski definition) is 0. The van der Waals surface area contributed by atoms with Crippen molar-refractivity contribution in [1.29, 1.82) is 0 Å². The molecule has 3 rings (SSSR count). The summed E-state index contributed by atoms with van der Waals surface area (Å²) >= 11 is 0. The Hall–Kier alpha value is -0.610. The molecule has 138 valence electrons. The molecule has 1 heterocycles. The van der Waals surface area contributed by atoms with Crippen LogP contribution >= 0.6 is 0 Å². The maximum absolute atomic E-state index is 13.1. The van der Waals surface area contributed by atoms with Gasteiger partial charge in [-0.15, -0.1) is 0 Å². The normalized spacial score (nSPS) is 27.0. The molecule has 0 unspecified atom stereocenters. The van der Waals surface area contributed by atoms with Gasteiger partial charge in [-0.25, -0.2) is 0 Å². The standard InChI is InChI=1S/C20H36N2O2/c1-21-12-14-22(15-13-21)16-17-24-19(23)20(10-6-3-7-11-20)18-8-4-2-5-9-18/h18H,2-17H2,1H3. The molecule has 2 saturated carbocycles. The van der Waals surface area contributed by atoms with Gasteiger partial charge in [-0.05, 0) is 38.6 Å². The molecular weight excluding hydrogens is 300 g/mol. The zero-order valence-corrected chi connectivity index (χ0v) is 15.6. The van der Waals surface area contributed by atoms with Crippen molar-refractivity contribution in [2.24, 2.45) is 11.3 Å². The van der Waals surface area contributed by atoms with Crippen molar-refractivity contribution in [3.63, 3.8) is 0 Å². The zero-order chi connectivity index (χ0) is 16.8. The molecule has 0 N–H and O–H groups in total. The third-order valence-corrected chi connectivity index (χ3v) is 6.78. The molecule has 2 aliphatic carbocycles.